The van der Waals surface area contributed by atoms with Crippen LogP contribution in [-0.2, 0) is 14.3 Å². The average molecular weight is 358 g/mol. The molecule has 2 aromatic carbocycles. The number of nitrogens with one attached hydrogen (secondary N) is 1. The third-order valence-corrected chi connectivity index (χ3v) is 3.65. The number of carbonyl (C=O) groups excluding carboxylic acids is 3. The second-order valence-electron chi connectivity index (χ2n) is 5.49. The Morgan fingerprint density at radius 1 is 1.12 bits per heavy atom. The zero-order valence-corrected chi connectivity index (χ0v) is 14.5. The number of halogens is 1. The van der Waals surface area contributed by atoms with Crippen LogP contribution in [0.2, 0.25) is 0 Å². The van der Waals surface area contributed by atoms with E-state index in [9.17, 15) is 18.8 Å². The Labute approximate surface area is 150 Å². The first kappa shape index (κ1) is 19.1. The molecular formula is C19H19FN2O4. The molecule has 26 heavy (non-hydrogen) atoms. The molecule has 7 heteroatoms. The minimum atomic E-state index is -0.533. The summed E-state index contributed by atoms with van der Waals surface area (Å²) in [6, 6.07) is 12.2. The van der Waals surface area contributed by atoms with E-state index >= 15 is 0 Å². The van der Waals surface area contributed by atoms with Crippen LogP contribution in [0.3, 0.4) is 0 Å². The predicted octanol–water partition coefficient (Wildman–Crippen LogP) is 2.99. The smallest absolute Gasteiger partial charge is 0.337 e. The fourth-order valence-corrected chi connectivity index (χ4v) is 2.40. The van der Waals surface area contributed by atoms with Crippen molar-refractivity contribution in [3.05, 3.63) is 59.9 Å². The summed E-state index contributed by atoms with van der Waals surface area (Å²) in [6.45, 7) is 1.34. The molecule has 0 spiro atoms. The topological polar surface area (TPSA) is 75.7 Å². The van der Waals surface area contributed by atoms with Gasteiger partial charge >= 0.3 is 5.97 Å². The number of amides is 2. The van der Waals surface area contributed by atoms with Crippen LogP contribution >= 0.6 is 0 Å². The Bertz CT molecular complexity index is 823. The summed E-state index contributed by atoms with van der Waals surface area (Å²) in [6.07, 6.45) is -0.0314. The molecule has 0 aromatic heterocycles. The predicted molar refractivity (Wildman–Crippen MR) is 95.5 cm³/mol. The van der Waals surface area contributed by atoms with E-state index in [0.717, 1.165) is 0 Å². The Kier molecular flexibility index (Phi) is 6.43. The number of para-hydroxylation sites is 1. The lowest BCUT2D eigenvalue weighted by Gasteiger charge is -2.21. The molecule has 1 N–H and O–H groups in total. The zero-order chi connectivity index (χ0) is 19.1. The molecule has 0 fully saturated rings. The van der Waals surface area contributed by atoms with Crippen molar-refractivity contribution >= 4 is 29.2 Å². The molecule has 0 bridgehead atoms. The highest BCUT2D eigenvalue weighted by atomic mass is 19.1. The van der Waals surface area contributed by atoms with E-state index in [0.29, 0.717) is 11.3 Å². The van der Waals surface area contributed by atoms with Crippen molar-refractivity contribution in [1.82, 2.24) is 0 Å². The monoisotopic (exact) mass is 358 g/mol. The van der Waals surface area contributed by atoms with E-state index in [-0.39, 0.29) is 30.5 Å². The van der Waals surface area contributed by atoms with E-state index in [4.69, 9.17) is 0 Å². The van der Waals surface area contributed by atoms with Crippen molar-refractivity contribution in [1.29, 1.82) is 0 Å². The van der Waals surface area contributed by atoms with E-state index in [2.05, 4.69) is 10.1 Å². The summed E-state index contributed by atoms with van der Waals surface area (Å²) in [5.74, 6) is -1.78. The molecule has 2 amide bonds. The van der Waals surface area contributed by atoms with Crippen LogP contribution < -0.4 is 10.2 Å². The van der Waals surface area contributed by atoms with Gasteiger partial charge in [-0.2, -0.15) is 0 Å². The zero-order valence-electron chi connectivity index (χ0n) is 14.5. The van der Waals surface area contributed by atoms with Crippen LogP contribution in [-0.4, -0.2) is 31.4 Å². The number of nitrogens with zero attached hydrogens (tertiary/aromatic N) is 1. The molecule has 0 saturated carbocycles. The number of benzene rings is 2. The lowest BCUT2D eigenvalue weighted by molar-refractivity contribution is -0.117. The van der Waals surface area contributed by atoms with E-state index in [1.54, 1.807) is 24.3 Å². The Morgan fingerprint density at radius 2 is 1.85 bits per heavy atom. The summed E-state index contributed by atoms with van der Waals surface area (Å²) in [4.78, 5) is 36.7. The lowest BCUT2D eigenvalue weighted by Crippen LogP contribution is -2.32. The highest BCUT2D eigenvalue weighted by Crippen LogP contribution is 2.19. The summed E-state index contributed by atoms with van der Waals surface area (Å²) in [5.41, 5.74) is 0.862. The summed E-state index contributed by atoms with van der Waals surface area (Å²) >= 11 is 0. The number of hydrogen-bond donors (Lipinski definition) is 1. The van der Waals surface area contributed by atoms with Crippen LogP contribution in [0.5, 0.6) is 0 Å². The molecule has 0 unspecified atom stereocenters. The normalized spacial score (nSPS) is 10.1. The summed E-state index contributed by atoms with van der Waals surface area (Å²) < 4.78 is 18.5. The molecule has 0 aliphatic carbocycles. The number of esters is 1. The van der Waals surface area contributed by atoms with Crippen LogP contribution in [0.25, 0.3) is 0 Å². The first-order chi connectivity index (χ1) is 12.4. The third-order valence-electron chi connectivity index (χ3n) is 3.65. The van der Waals surface area contributed by atoms with Crippen LogP contribution in [0.1, 0.15) is 23.7 Å². The van der Waals surface area contributed by atoms with Gasteiger partial charge in [-0.1, -0.05) is 18.2 Å². The Morgan fingerprint density at radius 3 is 2.50 bits per heavy atom. The Balaban J connectivity index is 2.02. The maximum absolute atomic E-state index is 13.9. The van der Waals surface area contributed by atoms with Crippen LogP contribution in [0.15, 0.2) is 48.5 Å². The van der Waals surface area contributed by atoms with Gasteiger partial charge in [-0.3, -0.25) is 9.59 Å². The highest BCUT2D eigenvalue weighted by Gasteiger charge is 2.17. The SMILES string of the molecule is COC(=O)c1cccc(NC(=O)CCN(C(C)=O)c2ccccc2F)c1. The minimum Gasteiger partial charge on any atom is -0.465 e. The van der Waals surface area contributed by atoms with E-state index < -0.39 is 11.8 Å². The lowest BCUT2D eigenvalue weighted by atomic mass is 10.2. The fourth-order valence-electron chi connectivity index (χ4n) is 2.40. The maximum atomic E-state index is 13.9. The Hall–Kier alpha value is -3.22. The van der Waals surface area contributed by atoms with E-state index in [1.165, 1.54) is 43.2 Å². The van der Waals surface area contributed by atoms with Gasteiger partial charge in [0, 0.05) is 25.6 Å². The van der Waals surface area contributed by atoms with Gasteiger partial charge in [-0.15, -0.1) is 0 Å². The molecule has 2 aromatic rings. The van der Waals surface area contributed by atoms with Crippen molar-refractivity contribution in [2.75, 3.05) is 23.9 Å². The molecule has 0 saturated heterocycles. The van der Waals surface area contributed by atoms with Gasteiger partial charge < -0.3 is 15.0 Å². The maximum Gasteiger partial charge on any atom is 0.337 e. The number of rotatable bonds is 6. The molecule has 0 aliphatic rings. The minimum absolute atomic E-state index is 0.0266. The molecule has 0 radical (unpaired) electrons. The van der Waals surface area contributed by atoms with Crippen molar-refractivity contribution in [3.63, 3.8) is 0 Å². The van der Waals surface area contributed by atoms with Gasteiger partial charge in [0.1, 0.15) is 5.82 Å². The number of carbonyl (C=O) groups is 3. The number of methoxy groups -OCH3 is 1. The van der Waals surface area contributed by atoms with Gasteiger partial charge in [0.05, 0.1) is 18.4 Å². The van der Waals surface area contributed by atoms with Crippen molar-refractivity contribution in [3.8, 4) is 0 Å². The van der Waals surface area contributed by atoms with Gasteiger partial charge in [0.15, 0.2) is 0 Å². The molecule has 0 heterocycles. The van der Waals surface area contributed by atoms with Gasteiger partial charge in [-0.05, 0) is 30.3 Å². The van der Waals surface area contributed by atoms with Crippen molar-refractivity contribution in [2.24, 2.45) is 0 Å². The van der Waals surface area contributed by atoms with Gasteiger partial charge in [-0.25, -0.2) is 9.18 Å². The van der Waals surface area contributed by atoms with Crippen molar-refractivity contribution < 1.29 is 23.5 Å². The third kappa shape index (κ3) is 4.89. The van der Waals surface area contributed by atoms with Crippen LogP contribution in [0, 0.1) is 5.82 Å². The molecule has 136 valence electrons. The number of hydrogen-bond acceptors (Lipinski definition) is 4. The highest BCUT2D eigenvalue weighted by molar-refractivity contribution is 5.96. The second-order valence-corrected chi connectivity index (χ2v) is 5.49. The molecule has 0 atom stereocenters. The molecule has 2 rings (SSSR count). The molecule has 0 aliphatic heterocycles. The number of anilines is 2. The number of ether oxygens (including phenoxy) is 1. The average Bonchev–Trinajstić information content (AvgIpc) is 2.62. The summed E-state index contributed by atoms with van der Waals surface area (Å²) in [5, 5.41) is 2.64. The van der Waals surface area contributed by atoms with E-state index in [1.807, 2.05) is 0 Å². The first-order valence-corrected chi connectivity index (χ1v) is 7.93. The van der Waals surface area contributed by atoms with Crippen molar-refractivity contribution in [2.45, 2.75) is 13.3 Å². The molecule has 6 nitrogen and oxygen atoms in total. The second kappa shape index (κ2) is 8.75. The first-order valence-electron chi connectivity index (χ1n) is 7.93. The quantitative estimate of drug-likeness (QED) is 0.806. The van der Waals surface area contributed by atoms with Gasteiger partial charge in [0.2, 0.25) is 11.8 Å². The molecular weight excluding hydrogens is 339 g/mol. The largest absolute Gasteiger partial charge is 0.465 e. The fraction of sp³-hybridized carbons (Fsp3) is 0.211. The van der Waals surface area contributed by atoms with Gasteiger partial charge in [0.25, 0.3) is 0 Å². The summed E-state index contributed by atoms with van der Waals surface area (Å²) in [7, 11) is 1.27. The van der Waals surface area contributed by atoms with Crippen LogP contribution in [0.4, 0.5) is 15.8 Å². The standard InChI is InChI=1S/C19H19FN2O4/c1-13(23)22(17-9-4-3-8-16(17)20)11-10-18(24)21-15-7-5-6-14(12-15)19(25)26-2/h3-9,12H,10-11H2,1-2H3,(H,21,24).